The third-order valence-electron chi connectivity index (χ3n) is 4.63. The molecule has 2 rings (SSSR count). The second kappa shape index (κ2) is 6.68. The van der Waals surface area contributed by atoms with Gasteiger partial charge in [-0.05, 0) is 51.2 Å². The van der Waals surface area contributed by atoms with Gasteiger partial charge >= 0.3 is 5.97 Å². The van der Waals surface area contributed by atoms with Crippen LogP contribution in [0.2, 0.25) is 0 Å². The number of ether oxygens (including phenoxy) is 1. The minimum atomic E-state index is -0.840. The molecule has 2 aliphatic heterocycles. The summed E-state index contributed by atoms with van der Waals surface area (Å²) in [6.45, 7) is 5.54. The van der Waals surface area contributed by atoms with Crippen molar-refractivity contribution < 1.29 is 14.6 Å². The van der Waals surface area contributed by atoms with Gasteiger partial charge in [-0.15, -0.1) is 0 Å². The van der Waals surface area contributed by atoms with Gasteiger partial charge in [0, 0.05) is 19.2 Å². The molecule has 5 nitrogen and oxygen atoms in total. The lowest BCUT2D eigenvalue weighted by Gasteiger charge is -2.40. The van der Waals surface area contributed by atoms with E-state index in [1.54, 1.807) is 0 Å². The van der Waals surface area contributed by atoms with Crippen molar-refractivity contribution in [2.75, 3.05) is 26.7 Å². The quantitative estimate of drug-likeness (QED) is 0.778. The molecule has 0 spiro atoms. The molecule has 0 amide bonds. The number of carboxylic acid groups (broad SMARTS) is 1. The van der Waals surface area contributed by atoms with Gasteiger partial charge in [-0.1, -0.05) is 6.92 Å². The molecule has 0 aromatic heterocycles. The smallest absolute Gasteiger partial charge is 0.332 e. The van der Waals surface area contributed by atoms with E-state index >= 15 is 0 Å². The highest BCUT2D eigenvalue weighted by atomic mass is 16.5. The van der Waals surface area contributed by atoms with Gasteiger partial charge in [0.1, 0.15) is 0 Å². The number of piperidine rings is 1. The van der Waals surface area contributed by atoms with E-state index in [0.29, 0.717) is 24.4 Å². The first-order chi connectivity index (χ1) is 9.13. The highest BCUT2D eigenvalue weighted by molar-refractivity contribution is 5.72. The SMILES string of the molecule is COC(CC1CCCN1C1CCNCC1C)C(=O)O. The van der Waals surface area contributed by atoms with E-state index in [1.165, 1.54) is 20.0 Å². The zero-order valence-electron chi connectivity index (χ0n) is 12.0. The molecule has 0 bridgehead atoms. The molecule has 0 radical (unpaired) electrons. The minimum absolute atomic E-state index is 0.367. The predicted molar refractivity (Wildman–Crippen MR) is 73.2 cm³/mol. The van der Waals surface area contributed by atoms with Crippen LogP contribution < -0.4 is 5.32 Å². The Morgan fingerprint density at radius 3 is 2.95 bits per heavy atom. The monoisotopic (exact) mass is 270 g/mol. The summed E-state index contributed by atoms with van der Waals surface area (Å²) in [6, 6.07) is 0.964. The molecule has 2 fully saturated rings. The van der Waals surface area contributed by atoms with Crippen LogP contribution in [0.15, 0.2) is 0 Å². The van der Waals surface area contributed by atoms with Crippen LogP contribution in [0.5, 0.6) is 0 Å². The number of aliphatic carboxylic acids is 1. The van der Waals surface area contributed by atoms with Crippen molar-refractivity contribution in [2.24, 2.45) is 5.92 Å². The minimum Gasteiger partial charge on any atom is -0.479 e. The molecule has 2 saturated heterocycles. The molecule has 4 atom stereocenters. The van der Waals surface area contributed by atoms with E-state index in [2.05, 4.69) is 17.1 Å². The number of nitrogens with zero attached hydrogens (tertiary/aromatic N) is 1. The van der Waals surface area contributed by atoms with Gasteiger partial charge in [-0.25, -0.2) is 4.79 Å². The third kappa shape index (κ3) is 3.46. The van der Waals surface area contributed by atoms with Crippen molar-refractivity contribution in [3.8, 4) is 0 Å². The maximum atomic E-state index is 11.1. The molecular weight excluding hydrogens is 244 g/mol. The lowest BCUT2D eigenvalue weighted by Crippen LogP contribution is -2.51. The van der Waals surface area contributed by atoms with Crippen molar-refractivity contribution in [1.82, 2.24) is 10.2 Å². The molecule has 0 aliphatic carbocycles. The lowest BCUT2D eigenvalue weighted by molar-refractivity contribution is -0.149. The topological polar surface area (TPSA) is 61.8 Å². The van der Waals surface area contributed by atoms with Gasteiger partial charge in [-0.3, -0.25) is 4.90 Å². The Hall–Kier alpha value is -0.650. The van der Waals surface area contributed by atoms with Gasteiger partial charge in [0.25, 0.3) is 0 Å². The fourth-order valence-corrected chi connectivity index (χ4v) is 3.59. The van der Waals surface area contributed by atoms with Crippen LogP contribution in [0.3, 0.4) is 0 Å². The van der Waals surface area contributed by atoms with Gasteiger partial charge in [0.2, 0.25) is 0 Å². The molecule has 0 aromatic rings. The summed E-state index contributed by atoms with van der Waals surface area (Å²) in [4.78, 5) is 13.7. The Bertz CT molecular complexity index is 311. The Morgan fingerprint density at radius 2 is 2.32 bits per heavy atom. The van der Waals surface area contributed by atoms with Crippen molar-refractivity contribution in [2.45, 2.75) is 50.8 Å². The fourth-order valence-electron chi connectivity index (χ4n) is 3.59. The van der Waals surface area contributed by atoms with Crippen molar-refractivity contribution in [3.05, 3.63) is 0 Å². The highest BCUT2D eigenvalue weighted by Crippen LogP contribution is 2.29. The maximum Gasteiger partial charge on any atom is 0.332 e. The van der Waals surface area contributed by atoms with Crippen LogP contribution >= 0.6 is 0 Å². The van der Waals surface area contributed by atoms with Gasteiger partial charge in [0.05, 0.1) is 0 Å². The Morgan fingerprint density at radius 1 is 1.53 bits per heavy atom. The van der Waals surface area contributed by atoms with Crippen LogP contribution in [0.1, 0.15) is 32.6 Å². The standard InChI is InChI=1S/C14H26N2O3/c1-10-9-15-6-5-12(10)16-7-3-4-11(16)8-13(19-2)14(17)18/h10-13,15H,3-9H2,1-2H3,(H,17,18). The first-order valence-corrected chi connectivity index (χ1v) is 7.35. The summed E-state index contributed by atoms with van der Waals surface area (Å²) in [5.41, 5.74) is 0. The van der Waals surface area contributed by atoms with E-state index in [-0.39, 0.29) is 0 Å². The van der Waals surface area contributed by atoms with Gasteiger partial charge in [-0.2, -0.15) is 0 Å². The second-order valence-electron chi connectivity index (χ2n) is 5.87. The zero-order chi connectivity index (χ0) is 13.8. The first kappa shape index (κ1) is 14.8. The lowest BCUT2D eigenvalue weighted by atomic mass is 9.92. The maximum absolute atomic E-state index is 11.1. The predicted octanol–water partition coefficient (Wildman–Crippen LogP) is 0.939. The molecule has 2 aliphatic rings. The van der Waals surface area contributed by atoms with Crippen LogP contribution in [0.25, 0.3) is 0 Å². The molecule has 4 unspecified atom stereocenters. The van der Waals surface area contributed by atoms with Crippen molar-refractivity contribution in [3.63, 3.8) is 0 Å². The highest BCUT2D eigenvalue weighted by Gasteiger charge is 2.36. The fraction of sp³-hybridized carbons (Fsp3) is 0.929. The van der Waals surface area contributed by atoms with Crippen LogP contribution in [-0.2, 0) is 9.53 Å². The van der Waals surface area contributed by atoms with Crippen molar-refractivity contribution >= 4 is 5.97 Å². The van der Waals surface area contributed by atoms with Gasteiger partial charge in [0.15, 0.2) is 6.10 Å². The third-order valence-corrected chi connectivity index (χ3v) is 4.63. The molecular formula is C14H26N2O3. The molecule has 0 aromatic carbocycles. The number of methoxy groups -OCH3 is 1. The molecule has 110 valence electrons. The molecule has 19 heavy (non-hydrogen) atoms. The molecule has 2 N–H and O–H groups in total. The van der Waals surface area contributed by atoms with Crippen LogP contribution in [-0.4, -0.2) is 60.9 Å². The van der Waals surface area contributed by atoms with E-state index < -0.39 is 12.1 Å². The molecule has 0 saturated carbocycles. The van der Waals surface area contributed by atoms with E-state index in [1.807, 2.05) is 0 Å². The summed E-state index contributed by atoms with van der Waals surface area (Å²) < 4.78 is 5.10. The Labute approximate surface area is 115 Å². The number of carboxylic acids is 1. The Balaban J connectivity index is 1.97. The largest absolute Gasteiger partial charge is 0.479 e. The van der Waals surface area contributed by atoms with Crippen LogP contribution in [0, 0.1) is 5.92 Å². The van der Waals surface area contributed by atoms with Crippen molar-refractivity contribution in [1.29, 1.82) is 0 Å². The summed E-state index contributed by atoms with van der Waals surface area (Å²) in [7, 11) is 1.49. The molecule has 2 heterocycles. The summed E-state index contributed by atoms with van der Waals surface area (Å²) in [6.07, 6.45) is 3.40. The number of hydrogen-bond donors (Lipinski definition) is 2. The van der Waals surface area contributed by atoms with E-state index in [0.717, 1.165) is 26.1 Å². The summed E-state index contributed by atoms with van der Waals surface area (Å²) in [5, 5.41) is 12.6. The first-order valence-electron chi connectivity index (χ1n) is 7.35. The normalized spacial score (nSPS) is 34.3. The van der Waals surface area contributed by atoms with Gasteiger partial charge < -0.3 is 15.2 Å². The van der Waals surface area contributed by atoms with Crippen LogP contribution in [0.4, 0.5) is 0 Å². The molecule has 5 heteroatoms. The number of likely N-dealkylation sites (tertiary alicyclic amines) is 1. The van der Waals surface area contributed by atoms with E-state index in [4.69, 9.17) is 9.84 Å². The number of rotatable bonds is 5. The zero-order valence-corrected chi connectivity index (χ0v) is 12.0. The Kier molecular flexibility index (Phi) is 5.19. The average Bonchev–Trinajstić information content (AvgIpc) is 2.84. The second-order valence-corrected chi connectivity index (χ2v) is 5.87. The van der Waals surface area contributed by atoms with E-state index in [9.17, 15) is 4.79 Å². The average molecular weight is 270 g/mol. The number of hydrogen-bond acceptors (Lipinski definition) is 4. The summed E-state index contributed by atoms with van der Waals surface area (Å²) >= 11 is 0. The summed E-state index contributed by atoms with van der Waals surface area (Å²) in [5.74, 6) is -0.201. The number of carbonyl (C=O) groups is 1. The number of nitrogens with one attached hydrogen (secondary N) is 1.